The van der Waals surface area contributed by atoms with Crippen molar-refractivity contribution in [2.75, 3.05) is 6.61 Å². The van der Waals surface area contributed by atoms with E-state index in [0.29, 0.717) is 6.61 Å². The van der Waals surface area contributed by atoms with Gasteiger partial charge in [0.2, 0.25) is 0 Å². The van der Waals surface area contributed by atoms with E-state index in [1.165, 1.54) is 0 Å². The Hall–Kier alpha value is -1.83. The summed E-state index contributed by atoms with van der Waals surface area (Å²) in [6.45, 7) is 8.41. The zero-order valence-corrected chi connectivity index (χ0v) is 13.7. The van der Waals surface area contributed by atoms with Gasteiger partial charge in [-0.3, -0.25) is 4.52 Å². The largest absolute Gasteiger partial charge is 0.463 e. The van der Waals surface area contributed by atoms with Crippen molar-refractivity contribution in [1.82, 2.24) is 0 Å². The van der Waals surface area contributed by atoms with Crippen molar-refractivity contribution in [2.45, 2.75) is 19.3 Å². The van der Waals surface area contributed by atoms with E-state index in [0.717, 1.165) is 22.6 Å². The van der Waals surface area contributed by atoms with E-state index in [1.807, 2.05) is 36.4 Å². The predicted octanol–water partition coefficient (Wildman–Crippen LogP) is 5.21. The van der Waals surface area contributed by atoms with Crippen LogP contribution in [0.25, 0.3) is 0 Å². The molecule has 22 heavy (non-hydrogen) atoms. The minimum Gasteiger partial charge on any atom is -0.417 e. The Morgan fingerprint density at radius 3 is 2.00 bits per heavy atom. The molecular formula is C18H19O3P. The maximum absolute atomic E-state index is 6.00. The summed E-state index contributed by atoms with van der Waals surface area (Å²) in [6.07, 6.45) is 1.69. The molecule has 0 unspecified atom stereocenters. The summed E-state index contributed by atoms with van der Waals surface area (Å²) >= 11 is 0. The van der Waals surface area contributed by atoms with Gasteiger partial charge in [0.15, 0.2) is 0 Å². The van der Waals surface area contributed by atoms with E-state index in [-0.39, 0.29) is 5.41 Å². The van der Waals surface area contributed by atoms with Crippen molar-refractivity contribution < 1.29 is 13.6 Å². The molecule has 0 amide bonds. The van der Waals surface area contributed by atoms with Gasteiger partial charge in [0.05, 0.1) is 6.61 Å². The first-order valence-corrected chi connectivity index (χ1v) is 8.31. The molecule has 1 heterocycles. The molecule has 3 rings (SSSR count). The lowest BCUT2D eigenvalue weighted by Crippen LogP contribution is -2.23. The molecule has 3 nitrogen and oxygen atoms in total. The smallest absolute Gasteiger partial charge is 0.417 e. The number of rotatable bonds is 3. The summed E-state index contributed by atoms with van der Waals surface area (Å²) in [7, 11) is -1.51. The standard InChI is InChI=1S/C18H19O3P/c1-4-13-19-22-20-16-11-7-5-9-14(16)18(2,3)15-10-6-8-12-17(15)21-22/h4-12H,1,13H2,2-3H3. The Labute approximate surface area is 132 Å². The van der Waals surface area contributed by atoms with Crippen molar-refractivity contribution in [3.8, 4) is 11.5 Å². The molecule has 0 spiro atoms. The van der Waals surface area contributed by atoms with Gasteiger partial charge >= 0.3 is 8.60 Å². The Morgan fingerprint density at radius 2 is 1.50 bits per heavy atom. The van der Waals surface area contributed by atoms with Gasteiger partial charge in [-0.1, -0.05) is 56.3 Å². The highest BCUT2D eigenvalue weighted by atomic mass is 31.2. The molecule has 0 bridgehead atoms. The van der Waals surface area contributed by atoms with E-state index in [4.69, 9.17) is 13.6 Å². The van der Waals surface area contributed by atoms with Crippen molar-refractivity contribution >= 4 is 8.60 Å². The van der Waals surface area contributed by atoms with Crippen LogP contribution < -0.4 is 9.05 Å². The summed E-state index contributed by atoms with van der Waals surface area (Å²) in [6, 6.07) is 16.1. The van der Waals surface area contributed by atoms with Crippen molar-refractivity contribution in [3.05, 3.63) is 72.3 Å². The quantitative estimate of drug-likeness (QED) is 0.575. The van der Waals surface area contributed by atoms with Gasteiger partial charge in [0.1, 0.15) is 11.5 Å². The van der Waals surface area contributed by atoms with Crippen molar-refractivity contribution in [2.24, 2.45) is 0 Å². The average molecular weight is 314 g/mol. The molecule has 0 aliphatic carbocycles. The normalized spacial score (nSPS) is 16.3. The van der Waals surface area contributed by atoms with Crippen LogP contribution in [-0.4, -0.2) is 6.61 Å². The number of hydrogen-bond donors (Lipinski definition) is 0. The molecule has 0 saturated carbocycles. The first kappa shape index (κ1) is 15.1. The SMILES string of the molecule is C=CCOP1Oc2ccccc2C(C)(C)c2ccccc2O1. The van der Waals surface area contributed by atoms with Crippen LogP contribution in [0.1, 0.15) is 25.0 Å². The highest BCUT2D eigenvalue weighted by Gasteiger charge is 2.34. The van der Waals surface area contributed by atoms with Gasteiger partial charge in [0.25, 0.3) is 0 Å². The number of hydrogen-bond acceptors (Lipinski definition) is 3. The fourth-order valence-electron chi connectivity index (χ4n) is 2.62. The lowest BCUT2D eigenvalue weighted by Gasteiger charge is -2.33. The predicted molar refractivity (Wildman–Crippen MR) is 89.3 cm³/mol. The van der Waals surface area contributed by atoms with Gasteiger partial charge in [-0.25, -0.2) is 0 Å². The Balaban J connectivity index is 2.12. The van der Waals surface area contributed by atoms with E-state index < -0.39 is 8.60 Å². The van der Waals surface area contributed by atoms with Crippen LogP contribution in [0.5, 0.6) is 11.5 Å². The maximum atomic E-state index is 6.00. The molecule has 0 N–H and O–H groups in total. The molecule has 0 radical (unpaired) electrons. The fourth-order valence-corrected chi connectivity index (χ4v) is 3.63. The third-order valence-electron chi connectivity index (χ3n) is 3.76. The first-order valence-electron chi connectivity index (χ1n) is 7.22. The molecule has 1 aliphatic rings. The van der Waals surface area contributed by atoms with Gasteiger partial charge in [-0.2, -0.15) is 0 Å². The third kappa shape index (κ3) is 2.75. The van der Waals surface area contributed by atoms with Gasteiger partial charge in [-0.15, -0.1) is 6.58 Å². The van der Waals surface area contributed by atoms with Crippen LogP contribution in [0.15, 0.2) is 61.2 Å². The van der Waals surface area contributed by atoms with E-state index in [1.54, 1.807) is 6.08 Å². The van der Waals surface area contributed by atoms with Crippen LogP contribution in [0.2, 0.25) is 0 Å². The second-order valence-corrected chi connectivity index (χ2v) is 6.68. The Morgan fingerprint density at radius 1 is 1.00 bits per heavy atom. The molecule has 114 valence electrons. The second-order valence-electron chi connectivity index (χ2n) is 5.61. The Kier molecular flexibility index (Phi) is 4.19. The van der Waals surface area contributed by atoms with Crippen LogP contribution in [0, 0.1) is 0 Å². The number of para-hydroxylation sites is 2. The summed E-state index contributed by atoms with van der Waals surface area (Å²) in [4.78, 5) is 0. The summed E-state index contributed by atoms with van der Waals surface area (Å²) < 4.78 is 17.7. The molecular weight excluding hydrogens is 295 g/mol. The first-order chi connectivity index (χ1) is 10.6. The van der Waals surface area contributed by atoms with Crippen LogP contribution in [0.4, 0.5) is 0 Å². The zero-order chi connectivity index (χ0) is 15.6. The lowest BCUT2D eigenvalue weighted by atomic mass is 9.77. The molecule has 2 aromatic rings. The third-order valence-corrected chi connectivity index (χ3v) is 4.82. The molecule has 2 aromatic carbocycles. The van der Waals surface area contributed by atoms with E-state index in [2.05, 4.69) is 32.6 Å². The molecule has 1 aliphatic heterocycles. The zero-order valence-electron chi connectivity index (χ0n) is 12.8. The maximum Gasteiger partial charge on any atom is 0.463 e. The molecule has 0 saturated heterocycles. The van der Waals surface area contributed by atoms with Crippen molar-refractivity contribution in [3.63, 3.8) is 0 Å². The minimum absolute atomic E-state index is 0.215. The molecule has 4 heteroatoms. The summed E-state index contributed by atoms with van der Waals surface area (Å²) in [5.41, 5.74) is 2.04. The van der Waals surface area contributed by atoms with Crippen molar-refractivity contribution in [1.29, 1.82) is 0 Å². The topological polar surface area (TPSA) is 27.7 Å². The summed E-state index contributed by atoms with van der Waals surface area (Å²) in [5.74, 6) is 1.61. The van der Waals surface area contributed by atoms with Gasteiger partial charge in [0, 0.05) is 16.5 Å². The van der Waals surface area contributed by atoms with E-state index >= 15 is 0 Å². The van der Waals surface area contributed by atoms with Crippen LogP contribution >= 0.6 is 8.60 Å². The number of fused-ring (bicyclic) bond motifs is 2. The monoisotopic (exact) mass is 314 g/mol. The molecule has 0 fully saturated rings. The second kappa shape index (κ2) is 6.12. The van der Waals surface area contributed by atoms with Crippen LogP contribution in [-0.2, 0) is 9.94 Å². The molecule has 0 atom stereocenters. The highest BCUT2D eigenvalue weighted by Crippen LogP contribution is 2.51. The highest BCUT2D eigenvalue weighted by molar-refractivity contribution is 7.42. The fraction of sp³-hybridized carbons (Fsp3) is 0.222. The average Bonchev–Trinajstić information content (AvgIpc) is 2.52. The van der Waals surface area contributed by atoms with Gasteiger partial charge < -0.3 is 9.05 Å². The lowest BCUT2D eigenvalue weighted by molar-refractivity contribution is 0.287. The minimum atomic E-state index is -1.51. The van der Waals surface area contributed by atoms with E-state index in [9.17, 15) is 0 Å². The van der Waals surface area contributed by atoms with Crippen LogP contribution in [0.3, 0.4) is 0 Å². The Bertz CT molecular complexity index is 630. The number of benzene rings is 2. The molecule has 0 aromatic heterocycles. The van der Waals surface area contributed by atoms with Gasteiger partial charge in [-0.05, 0) is 12.1 Å². The summed E-state index contributed by atoms with van der Waals surface area (Å²) in [5, 5.41) is 0.